The van der Waals surface area contributed by atoms with Crippen molar-refractivity contribution in [3.05, 3.63) is 46.7 Å². The van der Waals surface area contributed by atoms with Crippen LogP contribution in [0.1, 0.15) is 30.5 Å². The molecule has 0 fully saturated rings. The van der Waals surface area contributed by atoms with Gasteiger partial charge in [-0.1, -0.05) is 19.1 Å². The second-order valence-electron chi connectivity index (χ2n) is 4.50. The van der Waals surface area contributed by atoms with Crippen molar-refractivity contribution in [2.75, 3.05) is 5.32 Å². The summed E-state index contributed by atoms with van der Waals surface area (Å²) in [7, 11) is 0. The maximum atomic E-state index is 12.8. The van der Waals surface area contributed by atoms with Gasteiger partial charge in [0, 0.05) is 11.8 Å². The van der Waals surface area contributed by atoms with E-state index in [2.05, 4.69) is 10.3 Å². The van der Waals surface area contributed by atoms with Gasteiger partial charge >= 0.3 is 0 Å². The standard InChI is InChI=1S/C14H15FN2OS/c1-9(11-3-5-12(15)6-4-11)7-13(18)17-14-16-10(2)8-19-14/h3-6,8-9H,7H2,1-2H3,(H,16,17,18). The molecular weight excluding hydrogens is 263 g/mol. The number of halogens is 1. The lowest BCUT2D eigenvalue weighted by Gasteiger charge is -2.11. The number of anilines is 1. The van der Waals surface area contributed by atoms with Crippen LogP contribution in [0.5, 0.6) is 0 Å². The number of thiazole rings is 1. The molecule has 100 valence electrons. The van der Waals surface area contributed by atoms with Crippen LogP contribution in [-0.2, 0) is 4.79 Å². The number of hydrogen-bond acceptors (Lipinski definition) is 3. The van der Waals surface area contributed by atoms with Crippen LogP contribution in [0.4, 0.5) is 9.52 Å². The van der Waals surface area contributed by atoms with E-state index in [-0.39, 0.29) is 17.6 Å². The monoisotopic (exact) mass is 278 g/mol. The van der Waals surface area contributed by atoms with Crippen molar-refractivity contribution in [2.45, 2.75) is 26.2 Å². The van der Waals surface area contributed by atoms with E-state index in [4.69, 9.17) is 0 Å². The first kappa shape index (κ1) is 13.7. The van der Waals surface area contributed by atoms with Crippen LogP contribution in [0, 0.1) is 12.7 Å². The van der Waals surface area contributed by atoms with Crippen molar-refractivity contribution >= 4 is 22.4 Å². The van der Waals surface area contributed by atoms with Crippen LogP contribution in [0.15, 0.2) is 29.6 Å². The van der Waals surface area contributed by atoms with Gasteiger partial charge in [0.1, 0.15) is 5.82 Å². The lowest BCUT2D eigenvalue weighted by Crippen LogP contribution is -2.14. The first-order valence-electron chi connectivity index (χ1n) is 6.02. The molecule has 3 nitrogen and oxygen atoms in total. The molecule has 0 bridgehead atoms. The first-order chi connectivity index (χ1) is 9.04. The van der Waals surface area contributed by atoms with Gasteiger partial charge in [-0.2, -0.15) is 0 Å². The number of nitrogens with zero attached hydrogens (tertiary/aromatic N) is 1. The number of nitrogens with one attached hydrogen (secondary N) is 1. The summed E-state index contributed by atoms with van der Waals surface area (Å²) in [6.45, 7) is 3.83. The minimum atomic E-state index is -0.265. The highest BCUT2D eigenvalue weighted by Gasteiger charge is 2.12. The summed E-state index contributed by atoms with van der Waals surface area (Å²) < 4.78 is 12.8. The largest absolute Gasteiger partial charge is 0.302 e. The molecule has 1 heterocycles. The number of carbonyl (C=O) groups is 1. The van der Waals surface area contributed by atoms with Gasteiger partial charge in [0.15, 0.2) is 5.13 Å². The Kier molecular flexibility index (Phi) is 4.27. The van der Waals surface area contributed by atoms with Crippen LogP contribution in [-0.4, -0.2) is 10.9 Å². The van der Waals surface area contributed by atoms with E-state index in [1.165, 1.54) is 23.5 Å². The van der Waals surface area contributed by atoms with Crippen LogP contribution in [0.25, 0.3) is 0 Å². The summed E-state index contributed by atoms with van der Waals surface area (Å²) in [5.74, 6) is -0.300. The third kappa shape index (κ3) is 3.86. The van der Waals surface area contributed by atoms with Gasteiger partial charge in [-0.05, 0) is 30.5 Å². The Bertz CT molecular complexity index is 565. The summed E-state index contributed by atoms with van der Waals surface area (Å²) in [6, 6.07) is 6.24. The number of aromatic nitrogens is 1. The van der Waals surface area contributed by atoms with Gasteiger partial charge < -0.3 is 5.32 Å². The molecule has 2 rings (SSSR count). The Morgan fingerprint density at radius 2 is 2.11 bits per heavy atom. The van der Waals surface area contributed by atoms with E-state index in [1.807, 2.05) is 19.2 Å². The van der Waals surface area contributed by atoms with E-state index in [0.29, 0.717) is 11.6 Å². The highest BCUT2D eigenvalue weighted by molar-refractivity contribution is 7.13. The van der Waals surface area contributed by atoms with Crippen molar-refractivity contribution in [1.82, 2.24) is 4.98 Å². The Morgan fingerprint density at radius 1 is 1.42 bits per heavy atom. The molecule has 0 radical (unpaired) electrons. The molecule has 19 heavy (non-hydrogen) atoms. The second-order valence-corrected chi connectivity index (χ2v) is 5.36. The molecule has 1 aromatic heterocycles. The van der Waals surface area contributed by atoms with Gasteiger partial charge in [0.05, 0.1) is 5.69 Å². The Morgan fingerprint density at radius 3 is 2.68 bits per heavy atom. The lowest BCUT2D eigenvalue weighted by atomic mass is 9.97. The van der Waals surface area contributed by atoms with Crippen LogP contribution in [0.2, 0.25) is 0 Å². The zero-order valence-corrected chi connectivity index (χ0v) is 11.6. The zero-order valence-electron chi connectivity index (χ0n) is 10.8. The first-order valence-corrected chi connectivity index (χ1v) is 6.90. The van der Waals surface area contributed by atoms with Gasteiger partial charge in [-0.15, -0.1) is 11.3 Å². The lowest BCUT2D eigenvalue weighted by molar-refractivity contribution is -0.116. The summed E-state index contributed by atoms with van der Waals surface area (Å²) in [5.41, 5.74) is 1.85. The molecule has 5 heteroatoms. The Balaban J connectivity index is 1.93. The van der Waals surface area contributed by atoms with E-state index < -0.39 is 0 Å². The van der Waals surface area contributed by atoms with Gasteiger partial charge in [0.25, 0.3) is 0 Å². The quantitative estimate of drug-likeness (QED) is 0.926. The third-order valence-corrected chi connectivity index (χ3v) is 3.67. The van der Waals surface area contributed by atoms with Crippen molar-refractivity contribution in [3.8, 4) is 0 Å². The number of benzene rings is 1. The predicted octanol–water partition coefficient (Wildman–Crippen LogP) is 3.72. The molecule has 0 aliphatic carbocycles. The Hall–Kier alpha value is -1.75. The van der Waals surface area contributed by atoms with Crippen molar-refractivity contribution in [3.63, 3.8) is 0 Å². The molecule has 1 aromatic carbocycles. The minimum Gasteiger partial charge on any atom is -0.302 e. The number of carbonyl (C=O) groups excluding carboxylic acids is 1. The van der Waals surface area contributed by atoms with Gasteiger partial charge in [-0.3, -0.25) is 4.79 Å². The summed E-state index contributed by atoms with van der Waals surface area (Å²) in [6.07, 6.45) is 0.351. The summed E-state index contributed by atoms with van der Waals surface area (Å²) in [4.78, 5) is 16.0. The van der Waals surface area contributed by atoms with Gasteiger partial charge in [-0.25, -0.2) is 9.37 Å². The minimum absolute atomic E-state index is 0.0432. The Labute approximate surface area is 115 Å². The number of hydrogen-bond donors (Lipinski definition) is 1. The number of aryl methyl sites for hydroxylation is 1. The molecule has 1 unspecified atom stereocenters. The van der Waals surface area contributed by atoms with Gasteiger partial charge in [0.2, 0.25) is 5.91 Å². The van der Waals surface area contributed by atoms with Crippen molar-refractivity contribution < 1.29 is 9.18 Å². The maximum absolute atomic E-state index is 12.8. The highest BCUT2D eigenvalue weighted by atomic mass is 32.1. The highest BCUT2D eigenvalue weighted by Crippen LogP contribution is 2.21. The second kappa shape index (κ2) is 5.93. The summed E-state index contributed by atoms with van der Waals surface area (Å²) >= 11 is 1.41. The van der Waals surface area contributed by atoms with E-state index >= 15 is 0 Å². The fraction of sp³-hybridized carbons (Fsp3) is 0.286. The van der Waals surface area contributed by atoms with E-state index in [1.54, 1.807) is 12.1 Å². The van der Waals surface area contributed by atoms with Crippen molar-refractivity contribution in [2.24, 2.45) is 0 Å². The molecule has 1 amide bonds. The fourth-order valence-corrected chi connectivity index (χ4v) is 2.47. The maximum Gasteiger partial charge on any atom is 0.226 e. The molecule has 2 aromatic rings. The van der Waals surface area contributed by atoms with E-state index in [9.17, 15) is 9.18 Å². The topological polar surface area (TPSA) is 42.0 Å². The molecule has 1 N–H and O–H groups in total. The molecule has 0 spiro atoms. The number of rotatable bonds is 4. The van der Waals surface area contributed by atoms with Crippen LogP contribution >= 0.6 is 11.3 Å². The zero-order chi connectivity index (χ0) is 13.8. The third-order valence-electron chi connectivity index (χ3n) is 2.80. The SMILES string of the molecule is Cc1csc(NC(=O)CC(C)c2ccc(F)cc2)n1. The van der Waals surface area contributed by atoms with Crippen LogP contribution < -0.4 is 5.32 Å². The molecule has 0 saturated heterocycles. The molecule has 1 atom stereocenters. The summed E-state index contributed by atoms with van der Waals surface area (Å²) in [5, 5.41) is 5.28. The number of amides is 1. The molecule has 0 aliphatic heterocycles. The fourth-order valence-electron chi connectivity index (χ4n) is 1.77. The van der Waals surface area contributed by atoms with E-state index in [0.717, 1.165) is 11.3 Å². The van der Waals surface area contributed by atoms with Crippen molar-refractivity contribution in [1.29, 1.82) is 0 Å². The van der Waals surface area contributed by atoms with Crippen LogP contribution in [0.3, 0.4) is 0 Å². The molecular formula is C14H15FN2OS. The normalized spacial score (nSPS) is 12.2. The predicted molar refractivity (Wildman–Crippen MR) is 74.9 cm³/mol. The average Bonchev–Trinajstić information content (AvgIpc) is 2.75. The average molecular weight is 278 g/mol. The smallest absolute Gasteiger partial charge is 0.226 e. The molecule has 0 saturated carbocycles. The molecule has 0 aliphatic rings.